The number of fused-ring (bicyclic) bond motifs is 1. The summed E-state index contributed by atoms with van der Waals surface area (Å²) in [5.74, 6) is -1.60. The fourth-order valence-electron chi connectivity index (χ4n) is 5.56. The van der Waals surface area contributed by atoms with Crippen molar-refractivity contribution in [3.63, 3.8) is 0 Å². The van der Waals surface area contributed by atoms with Crippen LogP contribution in [-0.4, -0.2) is 47.2 Å². The summed E-state index contributed by atoms with van der Waals surface area (Å²) in [6, 6.07) is 11.0. The van der Waals surface area contributed by atoms with Gasteiger partial charge in [-0.15, -0.1) is 16.9 Å². The first-order valence-electron chi connectivity index (χ1n) is 15.2. The van der Waals surface area contributed by atoms with Crippen LogP contribution in [0.5, 0.6) is 0 Å². The largest absolute Gasteiger partial charge is 0.466 e. The minimum atomic E-state index is -4.62. The molecule has 0 radical (unpaired) electrons. The third-order valence-electron chi connectivity index (χ3n) is 8.11. The van der Waals surface area contributed by atoms with Crippen LogP contribution < -0.4 is 5.56 Å². The maximum absolute atomic E-state index is 13.8. The molecule has 1 saturated carbocycles. The van der Waals surface area contributed by atoms with Crippen molar-refractivity contribution in [2.75, 3.05) is 12.4 Å². The average Bonchev–Trinajstić information content (AvgIpc) is 3.39. The van der Waals surface area contributed by atoms with Gasteiger partial charge in [0.25, 0.3) is 5.56 Å². The lowest BCUT2D eigenvalue weighted by Crippen LogP contribution is -2.36. The lowest BCUT2D eigenvalue weighted by Gasteiger charge is -2.24. The molecule has 0 spiro atoms. The van der Waals surface area contributed by atoms with Gasteiger partial charge in [0, 0.05) is 24.5 Å². The summed E-state index contributed by atoms with van der Waals surface area (Å²) >= 11 is 1.75. The van der Waals surface area contributed by atoms with Crippen LogP contribution in [0.3, 0.4) is 0 Å². The second-order valence-electron chi connectivity index (χ2n) is 12.7. The summed E-state index contributed by atoms with van der Waals surface area (Å²) in [6.07, 6.45) is -0.304. The predicted octanol–water partition coefficient (Wildman–Crippen LogP) is 7.50. The van der Waals surface area contributed by atoms with Gasteiger partial charge in [-0.1, -0.05) is 56.8 Å². The van der Waals surface area contributed by atoms with Crippen LogP contribution in [0.4, 0.5) is 13.2 Å². The van der Waals surface area contributed by atoms with Gasteiger partial charge in [0.1, 0.15) is 5.52 Å². The summed E-state index contributed by atoms with van der Waals surface area (Å²) in [4.78, 5) is 41.6. The topological polar surface area (TPSA) is 91.1 Å². The summed E-state index contributed by atoms with van der Waals surface area (Å²) in [5.41, 5.74) is -1.13. The van der Waals surface area contributed by atoms with Crippen LogP contribution in [0.2, 0.25) is 25.7 Å². The highest BCUT2D eigenvalue weighted by Gasteiger charge is 2.46. The average molecular weight is 648 g/mol. The molecule has 0 saturated heterocycles. The summed E-state index contributed by atoms with van der Waals surface area (Å²) in [7, 11) is -1.49. The lowest BCUT2D eigenvalue weighted by atomic mass is 9.84. The van der Waals surface area contributed by atoms with E-state index in [9.17, 15) is 27.6 Å². The van der Waals surface area contributed by atoms with E-state index in [4.69, 9.17) is 4.74 Å². The molecule has 0 N–H and O–H groups in total. The Morgan fingerprint density at radius 3 is 2.45 bits per heavy atom. The monoisotopic (exact) mass is 647 g/mol. The summed E-state index contributed by atoms with van der Waals surface area (Å²) < 4.78 is 46.7. The number of carbonyl (C=O) groups excluding carboxylic acids is 2. The molecule has 2 aromatic carbocycles. The molecule has 0 unspecified atom stereocenters. The number of ether oxygens (including phenoxy) is 1. The number of Topliss-reactive ketones (excluding diaryl/α,β-unsaturated/α-hetero) is 1. The molecule has 0 amide bonds. The molecule has 1 aromatic heterocycles. The van der Waals surface area contributed by atoms with Gasteiger partial charge in [-0.25, -0.2) is 4.68 Å². The van der Waals surface area contributed by atoms with Crippen molar-refractivity contribution in [3.05, 3.63) is 63.9 Å². The number of benzene rings is 2. The van der Waals surface area contributed by atoms with Crippen molar-refractivity contribution >= 4 is 42.5 Å². The number of halogens is 3. The van der Waals surface area contributed by atoms with Crippen molar-refractivity contribution in [1.29, 1.82) is 0 Å². The number of hydrogen-bond donors (Lipinski definition) is 0. The standard InChI is InChI=1S/C32H40F3N3O4SSi/c1-5-6-7-17-43-24-12-8-21(9-13-24)29(39)25-14-10-22(28(25)31(41)42-16-18-44(2,3)4)20-38-30(40)26-19-23(32(33,34)35)11-15-27(26)36-37-38/h8-9,11-13,15,19,22,25,28H,5-7,10,14,16-18,20H2,1-4H3/t22-,25-,28-/m0/s1. The van der Waals surface area contributed by atoms with Crippen LogP contribution in [-0.2, 0) is 22.3 Å². The van der Waals surface area contributed by atoms with E-state index in [0.29, 0.717) is 18.4 Å². The minimum absolute atomic E-state index is 0.0491. The normalized spacial score (nSPS) is 18.9. The number of aromatic nitrogens is 3. The van der Waals surface area contributed by atoms with Gasteiger partial charge in [-0.3, -0.25) is 14.4 Å². The molecule has 3 atom stereocenters. The SMILES string of the molecule is CCCCCSc1ccc(C(=O)[C@H]2CC[C@@H](Cn3nnc4ccc(C(F)(F)F)cc4c3=O)[C@@H]2C(=O)OCC[Si](C)(C)C)cc1. The molecule has 1 aliphatic rings. The Labute approximate surface area is 261 Å². The van der Waals surface area contributed by atoms with Crippen molar-refractivity contribution < 1.29 is 27.5 Å². The fraction of sp³-hybridized carbons (Fsp3) is 0.531. The number of unbranched alkanes of at least 4 members (excludes halogenated alkanes) is 2. The fourth-order valence-corrected chi connectivity index (χ4v) is 7.18. The highest BCUT2D eigenvalue weighted by Crippen LogP contribution is 2.41. The molecule has 1 fully saturated rings. The molecular formula is C32H40F3N3O4SSi. The number of esters is 1. The van der Waals surface area contributed by atoms with Gasteiger partial charge < -0.3 is 4.74 Å². The Morgan fingerprint density at radius 1 is 1.07 bits per heavy atom. The molecule has 4 rings (SSSR count). The van der Waals surface area contributed by atoms with E-state index in [1.165, 1.54) is 6.42 Å². The summed E-state index contributed by atoms with van der Waals surface area (Å²) in [5, 5.41) is 7.72. The first-order chi connectivity index (χ1) is 20.8. The number of rotatable bonds is 13. The van der Waals surface area contributed by atoms with Crippen LogP contribution in [0.1, 0.15) is 54.9 Å². The Bertz CT molecular complexity index is 1520. The molecular weight excluding hydrogens is 608 g/mol. The number of carbonyl (C=O) groups is 2. The predicted molar refractivity (Wildman–Crippen MR) is 169 cm³/mol. The molecule has 238 valence electrons. The third-order valence-corrected chi connectivity index (χ3v) is 10.9. The molecule has 1 aliphatic carbocycles. The maximum atomic E-state index is 13.8. The Morgan fingerprint density at radius 2 is 1.80 bits per heavy atom. The Balaban J connectivity index is 1.58. The highest BCUT2D eigenvalue weighted by atomic mass is 32.2. The maximum Gasteiger partial charge on any atom is 0.416 e. The minimum Gasteiger partial charge on any atom is -0.466 e. The first kappa shape index (κ1) is 33.9. The smallest absolute Gasteiger partial charge is 0.416 e. The zero-order valence-electron chi connectivity index (χ0n) is 25.7. The van der Waals surface area contributed by atoms with Gasteiger partial charge in [0.15, 0.2) is 5.78 Å². The van der Waals surface area contributed by atoms with E-state index < -0.39 is 49.1 Å². The van der Waals surface area contributed by atoms with Gasteiger partial charge >= 0.3 is 12.1 Å². The molecule has 12 heteroatoms. The summed E-state index contributed by atoms with van der Waals surface area (Å²) in [6.45, 7) is 8.86. The van der Waals surface area contributed by atoms with Crippen LogP contribution >= 0.6 is 11.8 Å². The molecule has 0 aliphatic heterocycles. The van der Waals surface area contributed by atoms with Gasteiger partial charge in [0.2, 0.25) is 0 Å². The lowest BCUT2D eigenvalue weighted by molar-refractivity contribution is -0.150. The highest BCUT2D eigenvalue weighted by molar-refractivity contribution is 7.99. The number of nitrogens with zero attached hydrogens (tertiary/aromatic N) is 3. The van der Waals surface area contributed by atoms with E-state index in [1.54, 1.807) is 23.9 Å². The number of hydrogen-bond acceptors (Lipinski definition) is 7. The molecule has 7 nitrogen and oxygen atoms in total. The van der Waals surface area contributed by atoms with Crippen LogP contribution in [0.15, 0.2) is 52.2 Å². The molecule has 1 heterocycles. The molecule has 44 heavy (non-hydrogen) atoms. The first-order valence-corrected chi connectivity index (χ1v) is 19.9. The van der Waals surface area contributed by atoms with Crippen molar-refractivity contribution in [1.82, 2.24) is 15.0 Å². The van der Waals surface area contributed by atoms with Gasteiger partial charge in [-0.2, -0.15) is 13.2 Å². The van der Waals surface area contributed by atoms with Crippen molar-refractivity contribution in [2.24, 2.45) is 17.8 Å². The van der Waals surface area contributed by atoms with Gasteiger partial charge in [-0.05, 0) is 67.3 Å². The van der Waals surface area contributed by atoms with Crippen LogP contribution in [0.25, 0.3) is 10.9 Å². The third kappa shape index (κ3) is 8.59. The second-order valence-corrected chi connectivity index (χ2v) is 19.5. The number of thioether (sulfide) groups is 1. The van der Waals surface area contributed by atoms with E-state index >= 15 is 0 Å². The number of ketones is 1. The van der Waals surface area contributed by atoms with E-state index in [0.717, 1.165) is 52.4 Å². The molecule has 0 bridgehead atoms. The number of alkyl halides is 3. The van der Waals surface area contributed by atoms with Crippen molar-refractivity contribution in [3.8, 4) is 0 Å². The van der Waals surface area contributed by atoms with Crippen molar-refractivity contribution in [2.45, 2.75) is 82.3 Å². The quantitative estimate of drug-likeness (QED) is 0.0624. The zero-order valence-corrected chi connectivity index (χ0v) is 27.5. The second kappa shape index (κ2) is 14.4. The van der Waals surface area contributed by atoms with E-state index in [-0.39, 0.29) is 29.8 Å². The Kier molecular flexibility index (Phi) is 11.1. The van der Waals surface area contributed by atoms with E-state index in [1.807, 2.05) is 12.1 Å². The zero-order chi connectivity index (χ0) is 32.1. The van der Waals surface area contributed by atoms with Gasteiger partial charge in [0.05, 0.1) is 30.0 Å². The van der Waals surface area contributed by atoms with E-state index in [2.05, 4.69) is 36.9 Å². The Hall–Kier alpha value is -2.99. The molecule has 3 aromatic rings. The van der Waals surface area contributed by atoms with Crippen LogP contribution in [0, 0.1) is 17.8 Å².